The van der Waals surface area contributed by atoms with E-state index in [1.165, 1.54) is 56.1 Å². The first-order chi connectivity index (χ1) is 15.3. The molecule has 3 heteroatoms. The Morgan fingerprint density at radius 1 is 0.742 bits per heavy atom. The van der Waals surface area contributed by atoms with Crippen LogP contribution in [0.1, 0.15) is 56.1 Å². The van der Waals surface area contributed by atoms with E-state index in [2.05, 4.69) is 65.2 Å². The maximum absolute atomic E-state index is 9.96. The highest BCUT2D eigenvalue weighted by Gasteiger charge is 2.32. The number of hydrogen-bond acceptors (Lipinski definition) is 3. The van der Waals surface area contributed by atoms with Crippen molar-refractivity contribution < 1.29 is 5.11 Å². The van der Waals surface area contributed by atoms with Crippen molar-refractivity contribution in [3.63, 3.8) is 0 Å². The SMILES string of the molecule is OCC(Cc1ccccc1)NCC(Cc1ccccc1)NC1CCC2CCCCC2C1. The predicted octanol–water partition coefficient (Wildman–Crippen LogP) is 4.74. The topological polar surface area (TPSA) is 44.3 Å². The molecule has 2 aromatic carbocycles. The number of hydrogen-bond donors (Lipinski definition) is 3. The normalized spacial score (nSPS) is 25.5. The molecule has 0 bridgehead atoms. The summed E-state index contributed by atoms with van der Waals surface area (Å²) in [5, 5.41) is 17.7. The fourth-order valence-corrected chi connectivity index (χ4v) is 5.86. The molecule has 4 rings (SSSR count). The third-order valence-electron chi connectivity index (χ3n) is 7.53. The van der Waals surface area contributed by atoms with Crippen LogP contribution in [-0.2, 0) is 12.8 Å². The zero-order valence-corrected chi connectivity index (χ0v) is 18.9. The van der Waals surface area contributed by atoms with E-state index in [-0.39, 0.29) is 12.6 Å². The molecule has 2 aromatic rings. The van der Waals surface area contributed by atoms with Crippen LogP contribution in [0.5, 0.6) is 0 Å². The van der Waals surface area contributed by atoms with Crippen LogP contribution >= 0.6 is 0 Å². The number of aliphatic hydroxyl groups excluding tert-OH is 1. The Bertz CT molecular complexity index is 750. The van der Waals surface area contributed by atoms with Gasteiger partial charge in [0.1, 0.15) is 0 Å². The van der Waals surface area contributed by atoms with Gasteiger partial charge in [-0.3, -0.25) is 0 Å². The van der Waals surface area contributed by atoms with Crippen LogP contribution in [0.2, 0.25) is 0 Å². The number of nitrogens with one attached hydrogen (secondary N) is 2. The van der Waals surface area contributed by atoms with Crippen LogP contribution in [0, 0.1) is 11.8 Å². The summed E-state index contributed by atoms with van der Waals surface area (Å²) in [4.78, 5) is 0. The molecule has 0 heterocycles. The molecule has 0 amide bonds. The van der Waals surface area contributed by atoms with Gasteiger partial charge in [-0.1, -0.05) is 86.3 Å². The standard InChI is InChI=1S/C28H40N2O/c31-21-28(18-23-11-5-2-6-12-23)29-20-27(17-22-9-3-1-4-10-22)30-26-16-15-24-13-7-8-14-25(24)19-26/h1-6,9-12,24-31H,7-8,13-21H2. The molecule has 2 fully saturated rings. The van der Waals surface area contributed by atoms with Crippen LogP contribution in [0.4, 0.5) is 0 Å². The van der Waals surface area contributed by atoms with Crippen molar-refractivity contribution in [1.82, 2.24) is 10.6 Å². The fourth-order valence-electron chi connectivity index (χ4n) is 5.86. The van der Waals surface area contributed by atoms with E-state index in [1.54, 1.807) is 0 Å². The summed E-state index contributed by atoms with van der Waals surface area (Å²) in [6, 6.07) is 22.4. The summed E-state index contributed by atoms with van der Waals surface area (Å²) >= 11 is 0. The van der Waals surface area contributed by atoms with Gasteiger partial charge in [0.25, 0.3) is 0 Å². The molecule has 168 valence electrons. The van der Waals surface area contributed by atoms with E-state index < -0.39 is 0 Å². The van der Waals surface area contributed by atoms with Crippen molar-refractivity contribution in [3.05, 3.63) is 71.8 Å². The van der Waals surface area contributed by atoms with Gasteiger partial charge >= 0.3 is 0 Å². The molecule has 5 unspecified atom stereocenters. The first kappa shape index (κ1) is 22.5. The van der Waals surface area contributed by atoms with Crippen molar-refractivity contribution in [1.29, 1.82) is 0 Å². The Labute approximate surface area is 188 Å². The van der Waals surface area contributed by atoms with Gasteiger partial charge in [-0.25, -0.2) is 0 Å². The molecule has 0 radical (unpaired) electrons. The van der Waals surface area contributed by atoms with E-state index in [0.717, 1.165) is 31.2 Å². The van der Waals surface area contributed by atoms with Crippen molar-refractivity contribution in [2.24, 2.45) is 11.8 Å². The van der Waals surface area contributed by atoms with Crippen LogP contribution < -0.4 is 10.6 Å². The van der Waals surface area contributed by atoms with Crippen molar-refractivity contribution in [3.8, 4) is 0 Å². The molecule has 2 saturated carbocycles. The molecule has 2 aliphatic rings. The summed E-state index contributed by atoms with van der Waals surface area (Å²) in [7, 11) is 0. The van der Waals surface area contributed by atoms with E-state index in [0.29, 0.717) is 12.1 Å². The van der Waals surface area contributed by atoms with Gasteiger partial charge in [0.15, 0.2) is 0 Å². The smallest absolute Gasteiger partial charge is 0.0587 e. The highest BCUT2D eigenvalue weighted by atomic mass is 16.3. The lowest BCUT2D eigenvalue weighted by Crippen LogP contribution is -2.50. The van der Waals surface area contributed by atoms with E-state index in [9.17, 15) is 5.11 Å². The van der Waals surface area contributed by atoms with Crippen LogP contribution in [0.3, 0.4) is 0 Å². The van der Waals surface area contributed by atoms with Gasteiger partial charge in [0.05, 0.1) is 6.61 Å². The predicted molar refractivity (Wildman–Crippen MR) is 129 cm³/mol. The van der Waals surface area contributed by atoms with E-state index in [4.69, 9.17) is 0 Å². The average molecular weight is 421 g/mol. The highest BCUT2D eigenvalue weighted by Crippen LogP contribution is 2.40. The molecular weight excluding hydrogens is 380 g/mol. The van der Waals surface area contributed by atoms with Crippen molar-refractivity contribution >= 4 is 0 Å². The molecule has 2 aliphatic carbocycles. The number of fused-ring (bicyclic) bond motifs is 1. The van der Waals surface area contributed by atoms with E-state index in [1.807, 2.05) is 6.07 Å². The minimum Gasteiger partial charge on any atom is -0.395 e. The van der Waals surface area contributed by atoms with Crippen LogP contribution in [0.15, 0.2) is 60.7 Å². The third kappa shape index (κ3) is 6.90. The largest absolute Gasteiger partial charge is 0.395 e. The molecule has 0 aromatic heterocycles. The van der Waals surface area contributed by atoms with Crippen molar-refractivity contribution in [2.45, 2.75) is 75.9 Å². The van der Waals surface area contributed by atoms with Gasteiger partial charge in [-0.05, 0) is 55.1 Å². The monoisotopic (exact) mass is 420 g/mol. The Balaban J connectivity index is 1.35. The maximum Gasteiger partial charge on any atom is 0.0587 e. The molecular formula is C28H40N2O. The summed E-state index contributed by atoms with van der Waals surface area (Å²) in [5.41, 5.74) is 2.66. The van der Waals surface area contributed by atoms with Gasteiger partial charge in [0.2, 0.25) is 0 Å². The minimum absolute atomic E-state index is 0.0940. The first-order valence-corrected chi connectivity index (χ1v) is 12.5. The Morgan fingerprint density at radius 3 is 2.00 bits per heavy atom. The van der Waals surface area contributed by atoms with Gasteiger partial charge in [0, 0.05) is 24.7 Å². The number of rotatable bonds is 10. The van der Waals surface area contributed by atoms with Gasteiger partial charge < -0.3 is 15.7 Å². The average Bonchev–Trinajstić information content (AvgIpc) is 2.83. The maximum atomic E-state index is 9.96. The summed E-state index contributed by atoms with van der Waals surface area (Å²) < 4.78 is 0. The molecule has 5 atom stereocenters. The zero-order valence-electron chi connectivity index (χ0n) is 18.9. The second-order valence-corrected chi connectivity index (χ2v) is 9.85. The Kier molecular flexibility index (Phi) is 8.57. The van der Waals surface area contributed by atoms with Crippen molar-refractivity contribution in [2.75, 3.05) is 13.2 Å². The van der Waals surface area contributed by atoms with Gasteiger partial charge in [-0.2, -0.15) is 0 Å². The van der Waals surface area contributed by atoms with Crippen LogP contribution in [-0.4, -0.2) is 36.4 Å². The summed E-state index contributed by atoms with van der Waals surface area (Å²) in [5.74, 6) is 1.93. The molecule has 3 N–H and O–H groups in total. The number of aliphatic hydroxyl groups is 1. The zero-order chi connectivity index (χ0) is 21.3. The fraction of sp³-hybridized carbons (Fsp3) is 0.571. The Hall–Kier alpha value is -1.68. The third-order valence-corrected chi connectivity index (χ3v) is 7.53. The Morgan fingerprint density at radius 2 is 1.35 bits per heavy atom. The number of benzene rings is 2. The molecule has 0 saturated heterocycles. The minimum atomic E-state index is 0.0940. The molecule has 0 aliphatic heterocycles. The second-order valence-electron chi connectivity index (χ2n) is 9.85. The van der Waals surface area contributed by atoms with E-state index >= 15 is 0 Å². The summed E-state index contributed by atoms with van der Waals surface area (Å²) in [6.07, 6.45) is 11.7. The first-order valence-electron chi connectivity index (χ1n) is 12.5. The molecule has 3 nitrogen and oxygen atoms in total. The molecule has 0 spiro atoms. The summed E-state index contributed by atoms with van der Waals surface area (Å²) in [6.45, 7) is 1.05. The van der Waals surface area contributed by atoms with Crippen LogP contribution in [0.25, 0.3) is 0 Å². The lowest BCUT2D eigenvalue weighted by molar-refractivity contribution is 0.137. The highest BCUT2D eigenvalue weighted by molar-refractivity contribution is 5.17. The second kappa shape index (κ2) is 11.8. The quantitative estimate of drug-likeness (QED) is 0.520. The molecule has 31 heavy (non-hydrogen) atoms. The van der Waals surface area contributed by atoms with Gasteiger partial charge in [-0.15, -0.1) is 0 Å². The lowest BCUT2D eigenvalue weighted by Gasteiger charge is -2.41. The lowest BCUT2D eigenvalue weighted by atomic mass is 9.69.